The minimum absolute atomic E-state index is 0.293. The van der Waals surface area contributed by atoms with E-state index in [1.54, 1.807) is 0 Å². The maximum Gasteiger partial charge on any atom is 0.320 e. The number of hydrogen-bond donors (Lipinski definition) is 2. The predicted molar refractivity (Wildman–Crippen MR) is 78.1 cm³/mol. The first-order valence-electron chi connectivity index (χ1n) is 6.32. The van der Waals surface area contributed by atoms with Gasteiger partial charge in [0.2, 0.25) is 0 Å². The molecule has 0 saturated carbocycles. The van der Waals surface area contributed by atoms with E-state index in [4.69, 9.17) is 5.84 Å². The molecule has 7 heteroatoms. The number of hydrogen-bond acceptors (Lipinski definition) is 4. The number of hydrazine groups is 1. The van der Waals surface area contributed by atoms with Gasteiger partial charge in [0.25, 0.3) is 5.91 Å². The number of aryl methyl sites for hydroxylation is 2. The molecule has 0 bridgehead atoms. The lowest BCUT2D eigenvalue weighted by Gasteiger charge is -2.10. The number of amides is 1. The first kappa shape index (κ1) is 14.7. The molecule has 1 heterocycles. The number of benzene rings is 1. The van der Waals surface area contributed by atoms with Gasteiger partial charge in [-0.15, -0.1) is 0 Å². The lowest BCUT2D eigenvalue weighted by Crippen LogP contribution is -2.43. The molecular weight excluding hydrogens is 272 g/mol. The summed E-state index contributed by atoms with van der Waals surface area (Å²) in [6.45, 7) is 3.53. The molecule has 0 atom stereocenters. The Hall–Kier alpha value is -2.67. The van der Waals surface area contributed by atoms with Crippen LogP contribution < -0.4 is 22.4 Å². The third-order valence-corrected chi connectivity index (χ3v) is 3.02. The second-order valence-corrected chi connectivity index (χ2v) is 4.82. The monoisotopic (exact) mass is 288 g/mol. The fourth-order valence-corrected chi connectivity index (χ4v) is 2.13. The summed E-state index contributed by atoms with van der Waals surface area (Å²) >= 11 is 0. The fraction of sp³-hybridized carbons (Fsp3) is 0.214. The maximum atomic E-state index is 12.1. The van der Waals surface area contributed by atoms with Crippen molar-refractivity contribution < 1.29 is 4.79 Å². The van der Waals surface area contributed by atoms with Crippen molar-refractivity contribution >= 4 is 5.91 Å². The van der Waals surface area contributed by atoms with Crippen molar-refractivity contribution in [1.29, 1.82) is 0 Å². The van der Waals surface area contributed by atoms with E-state index < -0.39 is 17.0 Å². The summed E-state index contributed by atoms with van der Waals surface area (Å²) in [6, 6.07) is 5.59. The third-order valence-electron chi connectivity index (χ3n) is 3.02. The molecular formula is C14H16N4O3. The Labute approximate surface area is 120 Å². The van der Waals surface area contributed by atoms with Crippen LogP contribution in [0.15, 0.2) is 40.2 Å². The van der Waals surface area contributed by atoms with Gasteiger partial charge in [-0.05, 0) is 37.1 Å². The molecule has 1 aromatic carbocycles. The summed E-state index contributed by atoms with van der Waals surface area (Å²) in [5.41, 5.74) is 3.02. The lowest BCUT2D eigenvalue weighted by atomic mass is 10.1. The van der Waals surface area contributed by atoms with Crippen molar-refractivity contribution in [3.8, 4) is 5.69 Å². The minimum Gasteiger partial charge on any atom is -0.300 e. The Morgan fingerprint density at radius 3 is 2.29 bits per heavy atom. The van der Waals surface area contributed by atoms with Crippen molar-refractivity contribution in [2.45, 2.75) is 20.4 Å². The SMILES string of the molecule is Cc1cc(C)cc(-n2ccn(CC(=O)NN)c(=O)c2=O)c1. The van der Waals surface area contributed by atoms with E-state index in [1.165, 1.54) is 17.0 Å². The number of aromatic nitrogens is 2. The van der Waals surface area contributed by atoms with Gasteiger partial charge in [0.15, 0.2) is 0 Å². The highest BCUT2D eigenvalue weighted by Gasteiger charge is 2.09. The molecule has 2 rings (SSSR count). The van der Waals surface area contributed by atoms with Crippen LogP contribution in [0.5, 0.6) is 0 Å². The van der Waals surface area contributed by atoms with E-state index in [0.29, 0.717) is 5.69 Å². The average Bonchev–Trinajstić information content (AvgIpc) is 2.42. The van der Waals surface area contributed by atoms with E-state index in [0.717, 1.165) is 15.7 Å². The first-order chi connectivity index (χ1) is 9.92. The molecule has 0 fully saturated rings. The normalized spacial score (nSPS) is 10.4. The van der Waals surface area contributed by atoms with Crippen LogP contribution in [-0.2, 0) is 11.3 Å². The smallest absolute Gasteiger partial charge is 0.300 e. The van der Waals surface area contributed by atoms with E-state index in [9.17, 15) is 14.4 Å². The summed E-state index contributed by atoms with van der Waals surface area (Å²) in [6.07, 6.45) is 2.85. The lowest BCUT2D eigenvalue weighted by molar-refractivity contribution is -0.121. The Morgan fingerprint density at radius 2 is 1.71 bits per heavy atom. The summed E-state index contributed by atoms with van der Waals surface area (Å²) in [4.78, 5) is 35.3. The van der Waals surface area contributed by atoms with E-state index in [2.05, 4.69) is 0 Å². The topological polar surface area (TPSA) is 99.1 Å². The number of rotatable bonds is 3. The molecule has 1 aromatic heterocycles. The highest BCUT2D eigenvalue weighted by molar-refractivity contribution is 5.74. The zero-order valence-electron chi connectivity index (χ0n) is 11.8. The summed E-state index contributed by atoms with van der Waals surface area (Å²) in [7, 11) is 0. The van der Waals surface area contributed by atoms with Gasteiger partial charge in [-0.25, -0.2) is 5.84 Å². The largest absolute Gasteiger partial charge is 0.320 e. The molecule has 0 spiro atoms. The van der Waals surface area contributed by atoms with Crippen molar-refractivity contribution in [2.75, 3.05) is 0 Å². The number of carbonyl (C=O) groups is 1. The summed E-state index contributed by atoms with van der Waals surface area (Å²) in [5.74, 6) is 4.41. The molecule has 0 unspecified atom stereocenters. The third kappa shape index (κ3) is 3.09. The molecule has 0 radical (unpaired) electrons. The molecule has 3 N–H and O–H groups in total. The van der Waals surface area contributed by atoms with Gasteiger partial charge in [0, 0.05) is 18.1 Å². The van der Waals surface area contributed by atoms with Gasteiger partial charge in [-0.2, -0.15) is 0 Å². The maximum absolute atomic E-state index is 12.1. The second kappa shape index (κ2) is 5.76. The standard InChI is InChI=1S/C14H16N4O3/c1-9-5-10(2)7-11(6-9)18-4-3-17(8-12(19)16-15)13(20)14(18)21/h3-7H,8,15H2,1-2H3,(H,16,19). The van der Waals surface area contributed by atoms with Crippen molar-refractivity contribution in [1.82, 2.24) is 14.6 Å². The van der Waals surface area contributed by atoms with E-state index >= 15 is 0 Å². The number of nitrogens with zero attached hydrogens (tertiary/aromatic N) is 2. The van der Waals surface area contributed by atoms with Crippen molar-refractivity contribution in [3.63, 3.8) is 0 Å². The molecule has 0 aliphatic heterocycles. The summed E-state index contributed by atoms with van der Waals surface area (Å²) < 4.78 is 2.28. The van der Waals surface area contributed by atoms with E-state index in [-0.39, 0.29) is 6.54 Å². The highest BCUT2D eigenvalue weighted by Crippen LogP contribution is 2.11. The van der Waals surface area contributed by atoms with Gasteiger partial charge < -0.3 is 0 Å². The highest BCUT2D eigenvalue weighted by atomic mass is 16.2. The molecule has 2 aromatic rings. The zero-order valence-corrected chi connectivity index (χ0v) is 11.8. The van der Waals surface area contributed by atoms with Crippen molar-refractivity contribution in [3.05, 3.63) is 62.4 Å². The Kier molecular flexibility index (Phi) is 4.04. The van der Waals surface area contributed by atoms with Crippen LogP contribution in [0.4, 0.5) is 0 Å². The number of nitrogens with one attached hydrogen (secondary N) is 1. The molecule has 7 nitrogen and oxygen atoms in total. The van der Waals surface area contributed by atoms with Gasteiger partial charge in [0.1, 0.15) is 6.54 Å². The van der Waals surface area contributed by atoms with Crippen LogP contribution in [0.1, 0.15) is 11.1 Å². The van der Waals surface area contributed by atoms with Crippen LogP contribution >= 0.6 is 0 Å². The number of carbonyl (C=O) groups excluding carboxylic acids is 1. The van der Waals surface area contributed by atoms with Gasteiger partial charge in [0.05, 0.1) is 0 Å². The molecule has 0 saturated heterocycles. The van der Waals surface area contributed by atoms with Gasteiger partial charge in [-0.1, -0.05) is 6.07 Å². The molecule has 0 aliphatic carbocycles. The molecule has 1 amide bonds. The molecule has 21 heavy (non-hydrogen) atoms. The summed E-state index contributed by atoms with van der Waals surface area (Å²) in [5, 5.41) is 0. The van der Waals surface area contributed by atoms with E-state index in [1.807, 2.05) is 37.5 Å². The van der Waals surface area contributed by atoms with Crippen LogP contribution in [-0.4, -0.2) is 15.0 Å². The Morgan fingerprint density at radius 1 is 1.10 bits per heavy atom. The molecule has 0 aliphatic rings. The van der Waals surface area contributed by atoms with Gasteiger partial charge >= 0.3 is 11.1 Å². The fourth-order valence-electron chi connectivity index (χ4n) is 2.13. The van der Waals surface area contributed by atoms with Gasteiger partial charge in [-0.3, -0.25) is 28.9 Å². The minimum atomic E-state index is -0.778. The Balaban J connectivity index is 2.53. The molecule has 110 valence electrons. The van der Waals surface area contributed by atoms with Crippen LogP contribution in [0.3, 0.4) is 0 Å². The Bertz CT molecular complexity index is 784. The van der Waals surface area contributed by atoms with Crippen LogP contribution in [0.25, 0.3) is 5.69 Å². The van der Waals surface area contributed by atoms with Crippen molar-refractivity contribution in [2.24, 2.45) is 5.84 Å². The van der Waals surface area contributed by atoms with Crippen LogP contribution in [0.2, 0.25) is 0 Å². The first-order valence-corrected chi connectivity index (χ1v) is 6.32. The number of nitrogens with two attached hydrogens (primary N) is 1. The average molecular weight is 288 g/mol. The predicted octanol–water partition coefficient (Wildman–Crippen LogP) is -0.394. The zero-order chi connectivity index (χ0) is 15.6. The quantitative estimate of drug-likeness (QED) is 0.347. The second-order valence-electron chi connectivity index (χ2n) is 4.82. The van der Waals surface area contributed by atoms with Crippen LogP contribution in [0, 0.1) is 13.8 Å².